The Morgan fingerprint density at radius 1 is 1.44 bits per heavy atom. The van der Waals surface area contributed by atoms with E-state index in [0.717, 1.165) is 11.3 Å². The van der Waals surface area contributed by atoms with E-state index in [1.165, 1.54) is 0 Å². The zero-order valence-corrected chi connectivity index (χ0v) is 10.5. The molecule has 0 spiro atoms. The van der Waals surface area contributed by atoms with Gasteiger partial charge in [-0.2, -0.15) is 0 Å². The molecular weight excluding hydrogens is 222 g/mol. The van der Waals surface area contributed by atoms with Gasteiger partial charge in [-0.05, 0) is 6.07 Å². The number of thioether (sulfide) groups is 1. The molecule has 2 unspecified atom stereocenters. The zero-order chi connectivity index (χ0) is 12.0. The molecule has 0 aliphatic carbocycles. The van der Waals surface area contributed by atoms with Crippen molar-refractivity contribution in [3.8, 4) is 5.75 Å². The Bertz CT molecular complexity index is 320. The van der Waals surface area contributed by atoms with Crippen LogP contribution in [-0.2, 0) is 0 Å². The Morgan fingerprint density at radius 3 is 2.69 bits per heavy atom. The Hall–Kier alpha value is -0.710. The number of ether oxygens (including phenoxy) is 1. The second-order valence-corrected chi connectivity index (χ2v) is 5.24. The van der Waals surface area contributed by atoms with Crippen molar-refractivity contribution < 1.29 is 9.84 Å². The fourth-order valence-electron chi connectivity index (χ4n) is 1.51. The molecule has 90 valence electrons. The second kappa shape index (κ2) is 6.78. The second-order valence-electron chi connectivity index (χ2n) is 3.60. The van der Waals surface area contributed by atoms with Gasteiger partial charge in [0.1, 0.15) is 5.75 Å². The number of methoxy groups -OCH3 is 1. The lowest BCUT2D eigenvalue weighted by Crippen LogP contribution is -2.15. The number of para-hydroxylation sites is 1. The van der Waals surface area contributed by atoms with Gasteiger partial charge in [-0.3, -0.25) is 0 Å². The normalized spacial score (nSPS) is 14.5. The minimum atomic E-state index is 0.163. The van der Waals surface area contributed by atoms with Gasteiger partial charge in [-0.15, -0.1) is 11.8 Å². The number of aliphatic hydroxyl groups is 1. The Morgan fingerprint density at radius 2 is 2.12 bits per heavy atom. The van der Waals surface area contributed by atoms with E-state index in [4.69, 9.17) is 15.6 Å². The molecule has 4 heteroatoms. The summed E-state index contributed by atoms with van der Waals surface area (Å²) in [5, 5.41) is 9.40. The van der Waals surface area contributed by atoms with E-state index in [0.29, 0.717) is 6.54 Å². The third-order valence-corrected chi connectivity index (χ3v) is 3.74. The molecule has 0 fully saturated rings. The van der Waals surface area contributed by atoms with Gasteiger partial charge in [-0.25, -0.2) is 0 Å². The molecule has 0 bridgehead atoms. The first-order valence-corrected chi connectivity index (χ1v) is 6.26. The van der Waals surface area contributed by atoms with Crippen LogP contribution in [0.4, 0.5) is 0 Å². The summed E-state index contributed by atoms with van der Waals surface area (Å²) < 4.78 is 5.31. The summed E-state index contributed by atoms with van der Waals surface area (Å²) in [6.07, 6.45) is 0. The lowest BCUT2D eigenvalue weighted by atomic mass is 10.1. The number of aliphatic hydroxyl groups excluding tert-OH is 1. The molecule has 0 aliphatic heterocycles. The first-order chi connectivity index (χ1) is 7.72. The lowest BCUT2D eigenvalue weighted by molar-refractivity contribution is 0.299. The predicted octanol–water partition coefficient (Wildman–Crippen LogP) is 1.81. The largest absolute Gasteiger partial charge is 0.496 e. The smallest absolute Gasteiger partial charge is 0.123 e. The average molecular weight is 241 g/mol. The van der Waals surface area contributed by atoms with Crippen molar-refractivity contribution in [2.45, 2.75) is 17.4 Å². The molecule has 0 heterocycles. The van der Waals surface area contributed by atoms with Gasteiger partial charge in [0.25, 0.3) is 0 Å². The Labute approximate surface area is 101 Å². The van der Waals surface area contributed by atoms with Gasteiger partial charge in [0.15, 0.2) is 0 Å². The summed E-state index contributed by atoms with van der Waals surface area (Å²) >= 11 is 1.67. The molecule has 2 atom stereocenters. The van der Waals surface area contributed by atoms with E-state index in [2.05, 4.69) is 0 Å². The number of nitrogens with two attached hydrogens (primary N) is 1. The molecule has 1 aromatic rings. The van der Waals surface area contributed by atoms with E-state index in [1.807, 2.05) is 31.2 Å². The Balaban J connectivity index is 2.85. The van der Waals surface area contributed by atoms with Gasteiger partial charge >= 0.3 is 0 Å². The molecular formula is C12H19NO2S. The van der Waals surface area contributed by atoms with Crippen molar-refractivity contribution in [3.05, 3.63) is 29.8 Å². The molecule has 0 saturated carbocycles. The highest BCUT2D eigenvalue weighted by Crippen LogP contribution is 2.36. The van der Waals surface area contributed by atoms with Crippen LogP contribution in [0.3, 0.4) is 0 Å². The predicted molar refractivity (Wildman–Crippen MR) is 68.9 cm³/mol. The maximum absolute atomic E-state index is 9.06. The van der Waals surface area contributed by atoms with Crippen LogP contribution in [0.5, 0.6) is 5.75 Å². The van der Waals surface area contributed by atoms with Crippen molar-refractivity contribution in [2.24, 2.45) is 5.73 Å². The maximum Gasteiger partial charge on any atom is 0.123 e. The molecule has 3 N–H and O–H groups in total. The minimum absolute atomic E-state index is 0.163. The van der Waals surface area contributed by atoms with E-state index >= 15 is 0 Å². The highest BCUT2D eigenvalue weighted by molar-refractivity contribution is 8.00. The molecule has 0 radical (unpaired) electrons. The molecule has 16 heavy (non-hydrogen) atoms. The number of hydrogen-bond donors (Lipinski definition) is 2. The fourth-order valence-corrected chi connectivity index (χ4v) is 2.61. The van der Waals surface area contributed by atoms with Crippen LogP contribution in [0.2, 0.25) is 0 Å². The van der Waals surface area contributed by atoms with E-state index in [1.54, 1.807) is 18.9 Å². The van der Waals surface area contributed by atoms with Gasteiger partial charge in [0.05, 0.1) is 13.7 Å². The average Bonchev–Trinajstić information content (AvgIpc) is 2.35. The van der Waals surface area contributed by atoms with Crippen LogP contribution < -0.4 is 10.5 Å². The van der Waals surface area contributed by atoms with Crippen LogP contribution in [0.1, 0.15) is 17.7 Å². The van der Waals surface area contributed by atoms with Crippen molar-refractivity contribution in [1.82, 2.24) is 0 Å². The third kappa shape index (κ3) is 3.40. The summed E-state index contributed by atoms with van der Waals surface area (Å²) in [4.78, 5) is 0. The van der Waals surface area contributed by atoms with Crippen molar-refractivity contribution in [2.75, 3.05) is 20.3 Å². The topological polar surface area (TPSA) is 55.5 Å². The molecule has 0 aromatic heterocycles. The van der Waals surface area contributed by atoms with E-state index in [-0.39, 0.29) is 17.1 Å². The van der Waals surface area contributed by atoms with E-state index < -0.39 is 0 Å². The van der Waals surface area contributed by atoms with Crippen molar-refractivity contribution in [1.29, 1.82) is 0 Å². The van der Waals surface area contributed by atoms with Crippen LogP contribution >= 0.6 is 11.8 Å². The summed E-state index contributed by atoms with van der Waals surface area (Å²) in [6, 6.07) is 7.87. The maximum atomic E-state index is 9.06. The summed E-state index contributed by atoms with van der Waals surface area (Å²) in [5.74, 6) is 0.857. The van der Waals surface area contributed by atoms with Crippen LogP contribution in [-0.4, -0.2) is 30.6 Å². The molecule has 1 rings (SSSR count). The zero-order valence-electron chi connectivity index (χ0n) is 9.72. The quantitative estimate of drug-likeness (QED) is 0.797. The van der Waals surface area contributed by atoms with Gasteiger partial charge in [0.2, 0.25) is 0 Å². The summed E-state index contributed by atoms with van der Waals surface area (Å²) in [6.45, 7) is 2.69. The van der Waals surface area contributed by atoms with Gasteiger partial charge < -0.3 is 15.6 Å². The summed E-state index contributed by atoms with van der Waals surface area (Å²) in [7, 11) is 1.66. The molecule has 3 nitrogen and oxygen atoms in total. The SMILES string of the molecule is COc1ccccc1C(CN)SC(C)CO. The number of rotatable bonds is 6. The fraction of sp³-hybridized carbons (Fsp3) is 0.500. The molecule has 0 aliphatic rings. The Kier molecular flexibility index (Phi) is 5.66. The highest BCUT2D eigenvalue weighted by atomic mass is 32.2. The van der Waals surface area contributed by atoms with Crippen LogP contribution in [0.15, 0.2) is 24.3 Å². The first-order valence-electron chi connectivity index (χ1n) is 5.32. The summed E-state index contributed by atoms with van der Waals surface area (Å²) in [5.41, 5.74) is 6.87. The van der Waals surface area contributed by atoms with Crippen molar-refractivity contribution in [3.63, 3.8) is 0 Å². The lowest BCUT2D eigenvalue weighted by Gasteiger charge is -2.20. The van der Waals surface area contributed by atoms with Crippen LogP contribution in [0, 0.1) is 0 Å². The number of hydrogen-bond acceptors (Lipinski definition) is 4. The number of benzene rings is 1. The third-order valence-electron chi connectivity index (χ3n) is 2.35. The molecule has 0 amide bonds. The van der Waals surface area contributed by atoms with Crippen LogP contribution in [0.25, 0.3) is 0 Å². The minimum Gasteiger partial charge on any atom is -0.496 e. The first kappa shape index (κ1) is 13.4. The molecule has 0 saturated heterocycles. The van der Waals surface area contributed by atoms with E-state index in [9.17, 15) is 0 Å². The van der Waals surface area contributed by atoms with Gasteiger partial charge in [0, 0.05) is 22.6 Å². The van der Waals surface area contributed by atoms with Crippen molar-refractivity contribution >= 4 is 11.8 Å². The standard InChI is InChI=1S/C12H19NO2S/c1-9(8-14)16-12(7-13)10-5-3-4-6-11(10)15-2/h3-6,9,12,14H,7-8,13H2,1-2H3. The monoisotopic (exact) mass is 241 g/mol. The molecule has 1 aromatic carbocycles. The van der Waals surface area contributed by atoms with Gasteiger partial charge in [-0.1, -0.05) is 25.1 Å². The highest BCUT2D eigenvalue weighted by Gasteiger charge is 2.17.